The summed E-state index contributed by atoms with van der Waals surface area (Å²) in [4.78, 5) is 12.5. The number of hydrogen-bond donors (Lipinski definition) is 2. The van der Waals surface area contributed by atoms with Crippen LogP contribution in [0.3, 0.4) is 0 Å². The molecule has 1 aliphatic rings. The molecule has 2 aromatic rings. The van der Waals surface area contributed by atoms with Crippen molar-refractivity contribution in [2.24, 2.45) is 0 Å². The summed E-state index contributed by atoms with van der Waals surface area (Å²) in [5, 5.41) is 7.13. The molecule has 0 bridgehead atoms. The van der Waals surface area contributed by atoms with Crippen LogP contribution in [0.15, 0.2) is 54.6 Å². The molecular weight excluding hydrogens is 324 g/mol. The predicted octanol–water partition coefficient (Wildman–Crippen LogP) is 2.92. The number of carbonyl (C=O) groups is 1. The second-order valence-electron chi connectivity index (χ2n) is 5.89. The van der Waals surface area contributed by atoms with E-state index in [1.807, 2.05) is 54.6 Å². The van der Waals surface area contributed by atoms with Gasteiger partial charge < -0.3 is 15.4 Å². The quantitative estimate of drug-likeness (QED) is 0.876. The average Bonchev–Trinajstić information content (AvgIpc) is 2.62. The minimum Gasteiger partial charge on any atom is -0.378 e. The maximum atomic E-state index is 12.5. The van der Waals surface area contributed by atoms with E-state index in [1.165, 1.54) is 0 Å². The van der Waals surface area contributed by atoms with Crippen LogP contribution in [0, 0.1) is 0 Å². The van der Waals surface area contributed by atoms with Crippen LogP contribution in [0.5, 0.6) is 0 Å². The standard InChI is InChI=1S/C19H21ClN2O2/c20-16-8-6-15(7-9-16)19(14-4-2-1-3-5-14)22-18(23)12-17-13-24-11-10-21-17/h1-9,17,19,21H,10-13H2,(H,22,23). The Morgan fingerprint density at radius 1 is 1.17 bits per heavy atom. The van der Waals surface area contributed by atoms with E-state index in [-0.39, 0.29) is 18.0 Å². The Morgan fingerprint density at radius 2 is 1.88 bits per heavy atom. The van der Waals surface area contributed by atoms with Gasteiger partial charge in [-0.25, -0.2) is 0 Å². The topological polar surface area (TPSA) is 50.4 Å². The Balaban J connectivity index is 1.74. The monoisotopic (exact) mass is 344 g/mol. The number of benzene rings is 2. The third-order valence-electron chi connectivity index (χ3n) is 4.07. The fraction of sp³-hybridized carbons (Fsp3) is 0.316. The molecule has 0 spiro atoms. The Bertz CT molecular complexity index is 655. The van der Waals surface area contributed by atoms with E-state index < -0.39 is 0 Å². The van der Waals surface area contributed by atoms with Crippen molar-refractivity contribution < 1.29 is 9.53 Å². The van der Waals surface area contributed by atoms with Crippen molar-refractivity contribution in [3.8, 4) is 0 Å². The molecule has 2 N–H and O–H groups in total. The molecule has 24 heavy (non-hydrogen) atoms. The Morgan fingerprint density at radius 3 is 2.54 bits per heavy atom. The summed E-state index contributed by atoms with van der Waals surface area (Å²) in [6, 6.07) is 17.4. The van der Waals surface area contributed by atoms with Gasteiger partial charge in [0.1, 0.15) is 0 Å². The molecule has 0 saturated carbocycles. The normalized spacial score (nSPS) is 18.8. The van der Waals surface area contributed by atoms with Crippen molar-refractivity contribution in [2.75, 3.05) is 19.8 Å². The molecular formula is C19H21ClN2O2. The third-order valence-corrected chi connectivity index (χ3v) is 4.32. The van der Waals surface area contributed by atoms with Crippen molar-refractivity contribution in [1.29, 1.82) is 0 Å². The van der Waals surface area contributed by atoms with Crippen LogP contribution in [0.25, 0.3) is 0 Å². The van der Waals surface area contributed by atoms with Crippen LogP contribution in [-0.2, 0) is 9.53 Å². The number of rotatable bonds is 5. The van der Waals surface area contributed by atoms with Gasteiger partial charge in [-0.3, -0.25) is 4.79 Å². The van der Waals surface area contributed by atoms with Crippen molar-refractivity contribution in [1.82, 2.24) is 10.6 Å². The number of carbonyl (C=O) groups excluding carboxylic acids is 1. The highest BCUT2D eigenvalue weighted by Gasteiger charge is 2.21. The van der Waals surface area contributed by atoms with Crippen molar-refractivity contribution in [2.45, 2.75) is 18.5 Å². The molecule has 1 aliphatic heterocycles. The van der Waals surface area contributed by atoms with Gasteiger partial charge in [0.15, 0.2) is 0 Å². The van der Waals surface area contributed by atoms with E-state index in [1.54, 1.807) is 0 Å². The van der Waals surface area contributed by atoms with Gasteiger partial charge in [0, 0.05) is 24.0 Å². The summed E-state index contributed by atoms with van der Waals surface area (Å²) in [6.45, 7) is 2.07. The van der Waals surface area contributed by atoms with Crippen LogP contribution in [0.4, 0.5) is 0 Å². The first kappa shape index (κ1) is 17.0. The highest BCUT2D eigenvalue weighted by atomic mass is 35.5. The summed E-state index contributed by atoms with van der Waals surface area (Å²) in [6.07, 6.45) is 0.400. The molecule has 126 valence electrons. The molecule has 1 amide bonds. The van der Waals surface area contributed by atoms with Crippen LogP contribution < -0.4 is 10.6 Å². The number of morpholine rings is 1. The van der Waals surface area contributed by atoms with Gasteiger partial charge in [-0.05, 0) is 23.3 Å². The van der Waals surface area contributed by atoms with Gasteiger partial charge in [0.05, 0.1) is 19.3 Å². The van der Waals surface area contributed by atoms with Gasteiger partial charge >= 0.3 is 0 Å². The van der Waals surface area contributed by atoms with Gasteiger partial charge in [-0.15, -0.1) is 0 Å². The minimum absolute atomic E-state index is 0.00167. The molecule has 0 aromatic heterocycles. The summed E-state index contributed by atoms with van der Waals surface area (Å²) >= 11 is 5.99. The van der Waals surface area contributed by atoms with E-state index in [2.05, 4.69) is 10.6 Å². The molecule has 3 rings (SSSR count). The summed E-state index contributed by atoms with van der Waals surface area (Å²) in [7, 11) is 0. The maximum Gasteiger partial charge on any atom is 0.222 e. The highest BCUT2D eigenvalue weighted by Crippen LogP contribution is 2.23. The van der Waals surface area contributed by atoms with Gasteiger partial charge in [-0.2, -0.15) is 0 Å². The highest BCUT2D eigenvalue weighted by molar-refractivity contribution is 6.30. The molecule has 2 aromatic carbocycles. The van der Waals surface area contributed by atoms with E-state index in [9.17, 15) is 4.79 Å². The van der Waals surface area contributed by atoms with Gasteiger partial charge in [0.2, 0.25) is 5.91 Å². The molecule has 1 fully saturated rings. The lowest BCUT2D eigenvalue weighted by atomic mass is 9.98. The number of hydrogen-bond acceptors (Lipinski definition) is 3. The molecule has 2 atom stereocenters. The lowest BCUT2D eigenvalue weighted by Crippen LogP contribution is -2.44. The Kier molecular flexibility index (Phi) is 5.86. The van der Waals surface area contributed by atoms with Gasteiger partial charge in [-0.1, -0.05) is 54.1 Å². The van der Waals surface area contributed by atoms with Gasteiger partial charge in [0.25, 0.3) is 0 Å². The van der Waals surface area contributed by atoms with E-state index >= 15 is 0 Å². The maximum absolute atomic E-state index is 12.5. The fourth-order valence-corrected chi connectivity index (χ4v) is 2.98. The first-order valence-electron chi connectivity index (χ1n) is 8.13. The largest absolute Gasteiger partial charge is 0.378 e. The molecule has 0 radical (unpaired) electrons. The summed E-state index contributed by atoms with van der Waals surface area (Å²) in [5.41, 5.74) is 2.05. The average molecular weight is 345 g/mol. The fourth-order valence-electron chi connectivity index (χ4n) is 2.85. The number of amides is 1. The summed E-state index contributed by atoms with van der Waals surface area (Å²) in [5.74, 6) is 0.00167. The first-order chi connectivity index (χ1) is 11.7. The van der Waals surface area contributed by atoms with E-state index in [0.717, 1.165) is 17.7 Å². The summed E-state index contributed by atoms with van der Waals surface area (Å²) < 4.78 is 5.41. The second-order valence-corrected chi connectivity index (χ2v) is 6.33. The minimum atomic E-state index is -0.194. The molecule has 1 heterocycles. The smallest absolute Gasteiger partial charge is 0.222 e. The predicted molar refractivity (Wildman–Crippen MR) is 95.1 cm³/mol. The second kappa shape index (κ2) is 8.29. The zero-order chi connectivity index (χ0) is 16.8. The van der Waals surface area contributed by atoms with E-state index in [0.29, 0.717) is 24.7 Å². The van der Waals surface area contributed by atoms with Crippen LogP contribution >= 0.6 is 11.6 Å². The SMILES string of the molecule is O=C(CC1COCCN1)NC(c1ccccc1)c1ccc(Cl)cc1. The lowest BCUT2D eigenvalue weighted by molar-refractivity contribution is -0.122. The number of halogens is 1. The Hall–Kier alpha value is -1.88. The lowest BCUT2D eigenvalue weighted by Gasteiger charge is -2.25. The van der Waals surface area contributed by atoms with Crippen LogP contribution in [0.2, 0.25) is 5.02 Å². The van der Waals surface area contributed by atoms with Crippen LogP contribution in [0.1, 0.15) is 23.6 Å². The van der Waals surface area contributed by atoms with Crippen molar-refractivity contribution in [3.63, 3.8) is 0 Å². The zero-order valence-corrected chi connectivity index (χ0v) is 14.1. The molecule has 4 nitrogen and oxygen atoms in total. The molecule has 1 saturated heterocycles. The Labute approximate surface area is 147 Å². The molecule has 2 unspecified atom stereocenters. The third kappa shape index (κ3) is 4.57. The number of ether oxygens (including phenoxy) is 1. The molecule has 5 heteroatoms. The molecule has 0 aliphatic carbocycles. The zero-order valence-electron chi connectivity index (χ0n) is 13.4. The van der Waals surface area contributed by atoms with Crippen molar-refractivity contribution in [3.05, 3.63) is 70.7 Å². The van der Waals surface area contributed by atoms with Crippen LogP contribution in [-0.4, -0.2) is 31.7 Å². The van der Waals surface area contributed by atoms with Crippen molar-refractivity contribution >= 4 is 17.5 Å². The first-order valence-corrected chi connectivity index (χ1v) is 8.51. The number of nitrogens with one attached hydrogen (secondary N) is 2. The van der Waals surface area contributed by atoms with E-state index in [4.69, 9.17) is 16.3 Å².